The molecule has 18 heavy (non-hydrogen) atoms. The molecule has 0 heterocycles. The highest BCUT2D eigenvalue weighted by molar-refractivity contribution is 9.10. The van der Waals surface area contributed by atoms with Crippen molar-refractivity contribution >= 4 is 15.9 Å². The summed E-state index contributed by atoms with van der Waals surface area (Å²) < 4.78 is 20.2. The third-order valence-corrected chi connectivity index (χ3v) is 3.45. The second kappa shape index (κ2) is 7.19. The van der Waals surface area contributed by atoms with Crippen LogP contribution in [0, 0.1) is 11.7 Å². The van der Waals surface area contributed by atoms with Gasteiger partial charge in [-0.2, -0.15) is 0 Å². The van der Waals surface area contributed by atoms with Gasteiger partial charge in [-0.1, -0.05) is 26.0 Å². The molecule has 0 saturated heterocycles. The molecule has 0 aliphatic carbocycles. The second-order valence-electron chi connectivity index (χ2n) is 4.45. The molecule has 0 aliphatic rings. The highest BCUT2D eigenvalue weighted by Crippen LogP contribution is 2.29. The summed E-state index contributed by atoms with van der Waals surface area (Å²) in [5, 5.41) is 0. The molecule has 0 bridgehead atoms. The van der Waals surface area contributed by atoms with Crippen molar-refractivity contribution in [3.8, 4) is 0 Å². The van der Waals surface area contributed by atoms with Gasteiger partial charge in [-0.05, 0) is 34.8 Å². The number of hydrogen-bond acceptors (Lipinski definition) is 3. The molecule has 2 unspecified atom stereocenters. The number of halogens is 2. The van der Waals surface area contributed by atoms with E-state index in [0.717, 1.165) is 0 Å². The van der Waals surface area contributed by atoms with Gasteiger partial charge in [-0.25, -0.2) is 4.39 Å². The first-order valence-corrected chi connectivity index (χ1v) is 6.83. The van der Waals surface area contributed by atoms with E-state index in [1.54, 1.807) is 18.2 Å². The Morgan fingerprint density at radius 1 is 1.44 bits per heavy atom. The van der Waals surface area contributed by atoms with Crippen LogP contribution < -0.4 is 11.3 Å². The van der Waals surface area contributed by atoms with Crippen LogP contribution in [0.15, 0.2) is 22.7 Å². The van der Waals surface area contributed by atoms with Crippen LogP contribution in [0.25, 0.3) is 0 Å². The van der Waals surface area contributed by atoms with Crippen molar-refractivity contribution in [1.29, 1.82) is 0 Å². The molecular formula is C13H20BrFN2O. The molecule has 1 rings (SSSR count). The summed E-state index contributed by atoms with van der Waals surface area (Å²) in [6.45, 7) is 6.54. The lowest BCUT2D eigenvalue weighted by molar-refractivity contribution is 0.00193. The zero-order chi connectivity index (χ0) is 13.7. The van der Waals surface area contributed by atoms with Crippen LogP contribution >= 0.6 is 15.9 Å². The second-order valence-corrected chi connectivity index (χ2v) is 5.31. The van der Waals surface area contributed by atoms with Gasteiger partial charge in [0.1, 0.15) is 5.82 Å². The van der Waals surface area contributed by atoms with E-state index in [0.29, 0.717) is 16.6 Å². The fraction of sp³-hybridized carbons (Fsp3) is 0.538. The fourth-order valence-electron chi connectivity index (χ4n) is 1.99. The highest BCUT2D eigenvalue weighted by Gasteiger charge is 2.28. The number of nitrogens with two attached hydrogens (primary N) is 1. The highest BCUT2D eigenvalue weighted by atomic mass is 79.9. The van der Waals surface area contributed by atoms with Gasteiger partial charge in [-0.3, -0.25) is 11.3 Å². The Hall–Kier alpha value is -0.490. The van der Waals surface area contributed by atoms with E-state index in [4.69, 9.17) is 10.6 Å². The number of ether oxygens (including phenoxy) is 1. The normalized spacial score (nSPS) is 14.8. The minimum Gasteiger partial charge on any atom is -0.376 e. The lowest BCUT2D eigenvalue weighted by atomic mass is 9.93. The Labute approximate surface area is 116 Å². The lowest BCUT2D eigenvalue weighted by Gasteiger charge is -2.30. The summed E-state index contributed by atoms with van der Waals surface area (Å²) in [7, 11) is 0. The number of benzene rings is 1. The van der Waals surface area contributed by atoms with Gasteiger partial charge in [0.2, 0.25) is 0 Å². The van der Waals surface area contributed by atoms with Crippen LogP contribution in [0.5, 0.6) is 0 Å². The molecule has 0 aromatic heterocycles. The third kappa shape index (κ3) is 3.51. The molecule has 0 fully saturated rings. The first-order chi connectivity index (χ1) is 8.52. The monoisotopic (exact) mass is 318 g/mol. The van der Waals surface area contributed by atoms with E-state index >= 15 is 0 Å². The SMILES string of the molecule is CCOC(C(C)C)C(NN)c1cccc(Br)c1F. The summed E-state index contributed by atoms with van der Waals surface area (Å²) in [5.41, 5.74) is 3.18. The number of hydrogen-bond donors (Lipinski definition) is 2. The molecule has 0 spiro atoms. The largest absolute Gasteiger partial charge is 0.376 e. The molecule has 3 N–H and O–H groups in total. The Morgan fingerprint density at radius 2 is 2.11 bits per heavy atom. The van der Waals surface area contributed by atoms with Crippen molar-refractivity contribution in [2.75, 3.05) is 6.61 Å². The number of hydrazine groups is 1. The molecule has 2 atom stereocenters. The van der Waals surface area contributed by atoms with Crippen LogP contribution in [0.3, 0.4) is 0 Å². The van der Waals surface area contributed by atoms with Crippen molar-refractivity contribution < 1.29 is 9.13 Å². The van der Waals surface area contributed by atoms with Gasteiger partial charge in [0.25, 0.3) is 0 Å². The van der Waals surface area contributed by atoms with Crippen LogP contribution in [0.2, 0.25) is 0 Å². The van der Waals surface area contributed by atoms with Crippen molar-refractivity contribution in [3.63, 3.8) is 0 Å². The minimum absolute atomic E-state index is 0.177. The lowest BCUT2D eigenvalue weighted by Crippen LogP contribution is -2.41. The first-order valence-electron chi connectivity index (χ1n) is 6.04. The van der Waals surface area contributed by atoms with Gasteiger partial charge < -0.3 is 4.74 Å². The van der Waals surface area contributed by atoms with Crippen LogP contribution in [-0.2, 0) is 4.74 Å². The molecule has 3 nitrogen and oxygen atoms in total. The van der Waals surface area contributed by atoms with Crippen molar-refractivity contribution in [1.82, 2.24) is 5.43 Å². The van der Waals surface area contributed by atoms with Gasteiger partial charge >= 0.3 is 0 Å². The van der Waals surface area contributed by atoms with E-state index in [1.807, 2.05) is 20.8 Å². The minimum atomic E-state index is -0.373. The van der Waals surface area contributed by atoms with Crippen molar-refractivity contribution in [3.05, 3.63) is 34.1 Å². The Balaban J connectivity index is 3.10. The zero-order valence-corrected chi connectivity index (χ0v) is 12.5. The third-order valence-electron chi connectivity index (χ3n) is 2.84. The maximum Gasteiger partial charge on any atom is 0.142 e. The summed E-state index contributed by atoms with van der Waals surface area (Å²) in [6, 6.07) is 4.80. The van der Waals surface area contributed by atoms with E-state index in [2.05, 4.69) is 21.4 Å². The Kier molecular flexibility index (Phi) is 6.21. The van der Waals surface area contributed by atoms with Gasteiger partial charge in [0.15, 0.2) is 0 Å². The first kappa shape index (κ1) is 15.6. The standard InChI is InChI=1S/C13H20BrFN2O/c1-4-18-13(8(2)3)12(17-16)9-6-5-7-10(14)11(9)15/h5-8,12-13,17H,4,16H2,1-3H3. The van der Waals surface area contributed by atoms with E-state index in [-0.39, 0.29) is 23.9 Å². The molecule has 102 valence electrons. The average Bonchev–Trinajstić information content (AvgIpc) is 2.33. The maximum atomic E-state index is 14.1. The summed E-state index contributed by atoms with van der Waals surface area (Å²) in [6.07, 6.45) is -0.177. The quantitative estimate of drug-likeness (QED) is 0.625. The Morgan fingerprint density at radius 3 is 2.61 bits per heavy atom. The predicted octanol–water partition coefficient (Wildman–Crippen LogP) is 3.15. The van der Waals surface area contributed by atoms with Crippen LogP contribution in [-0.4, -0.2) is 12.7 Å². The maximum absolute atomic E-state index is 14.1. The zero-order valence-electron chi connectivity index (χ0n) is 10.9. The Bertz CT molecular complexity index is 387. The van der Waals surface area contributed by atoms with Gasteiger partial charge in [0, 0.05) is 12.2 Å². The molecule has 5 heteroatoms. The number of rotatable bonds is 6. The smallest absolute Gasteiger partial charge is 0.142 e. The van der Waals surface area contributed by atoms with Crippen molar-refractivity contribution in [2.24, 2.45) is 11.8 Å². The molecule has 0 saturated carbocycles. The van der Waals surface area contributed by atoms with E-state index in [9.17, 15) is 4.39 Å². The average molecular weight is 319 g/mol. The molecule has 1 aromatic rings. The molecule has 0 aliphatic heterocycles. The predicted molar refractivity (Wildman–Crippen MR) is 74.4 cm³/mol. The van der Waals surface area contributed by atoms with Crippen molar-refractivity contribution in [2.45, 2.75) is 32.9 Å². The summed E-state index contributed by atoms with van der Waals surface area (Å²) >= 11 is 3.18. The van der Waals surface area contributed by atoms with E-state index in [1.165, 1.54) is 0 Å². The van der Waals surface area contributed by atoms with E-state index < -0.39 is 0 Å². The summed E-state index contributed by atoms with van der Waals surface area (Å²) in [4.78, 5) is 0. The topological polar surface area (TPSA) is 47.3 Å². The molecule has 0 amide bonds. The van der Waals surface area contributed by atoms with Crippen LogP contribution in [0.1, 0.15) is 32.4 Å². The van der Waals surface area contributed by atoms with Gasteiger partial charge in [0.05, 0.1) is 16.6 Å². The fourth-order valence-corrected chi connectivity index (χ4v) is 2.37. The summed E-state index contributed by atoms with van der Waals surface area (Å²) in [5.74, 6) is 5.51. The molecule has 1 aromatic carbocycles. The van der Waals surface area contributed by atoms with Crippen LogP contribution in [0.4, 0.5) is 4.39 Å². The molecular weight excluding hydrogens is 299 g/mol. The van der Waals surface area contributed by atoms with Gasteiger partial charge in [-0.15, -0.1) is 0 Å². The number of nitrogens with one attached hydrogen (secondary N) is 1. The molecule has 0 radical (unpaired) electrons.